The summed E-state index contributed by atoms with van der Waals surface area (Å²) in [7, 11) is 0. The van der Waals surface area contributed by atoms with Gasteiger partial charge in [-0.2, -0.15) is 0 Å². The second kappa shape index (κ2) is 12.9. The Morgan fingerprint density at radius 2 is 1.49 bits per heavy atom. The van der Waals surface area contributed by atoms with E-state index in [1.807, 2.05) is 91.9 Å². The molecule has 5 unspecified atom stereocenters. The predicted octanol–water partition coefficient (Wildman–Crippen LogP) is 4.68. The number of aliphatic hydroxyl groups excluding tert-OH is 2. The number of carbonyl (C=O) groups is 2. The molecule has 0 heterocycles. The van der Waals surface area contributed by atoms with Crippen LogP contribution in [0.3, 0.4) is 0 Å². The molecule has 0 saturated carbocycles. The summed E-state index contributed by atoms with van der Waals surface area (Å²) in [6.07, 6.45) is -1.13. The minimum absolute atomic E-state index is 0.0991. The van der Waals surface area contributed by atoms with Crippen LogP contribution in [0.15, 0.2) is 84.9 Å². The highest BCUT2D eigenvalue weighted by Gasteiger charge is 2.44. The van der Waals surface area contributed by atoms with E-state index in [1.165, 1.54) is 0 Å². The van der Waals surface area contributed by atoms with Gasteiger partial charge < -0.3 is 25.6 Å². The number of alkyl carbamates (subject to hydrolysis) is 1. The lowest BCUT2D eigenvalue weighted by atomic mass is 9.86. The fourth-order valence-corrected chi connectivity index (χ4v) is 5.55. The maximum absolute atomic E-state index is 13.9. The molecule has 1 aliphatic carbocycles. The van der Waals surface area contributed by atoms with Crippen molar-refractivity contribution in [1.82, 2.24) is 10.6 Å². The summed E-state index contributed by atoms with van der Waals surface area (Å²) < 4.78 is 5.48. The highest BCUT2D eigenvalue weighted by molar-refractivity contribution is 5.80. The van der Waals surface area contributed by atoms with Gasteiger partial charge in [0.2, 0.25) is 5.91 Å². The Morgan fingerprint density at radius 3 is 2.10 bits per heavy atom. The number of carbonyl (C=O) groups excluding carboxylic acids is 2. The summed E-state index contributed by atoms with van der Waals surface area (Å²) in [5, 5.41) is 28.5. The van der Waals surface area contributed by atoms with Crippen LogP contribution in [-0.4, -0.2) is 46.1 Å². The second-order valence-electron chi connectivity index (χ2n) is 12.2. The van der Waals surface area contributed by atoms with E-state index < -0.39 is 41.4 Å². The molecule has 218 valence electrons. The van der Waals surface area contributed by atoms with Gasteiger partial charge in [0.25, 0.3) is 0 Å². The lowest BCUT2D eigenvalue weighted by Crippen LogP contribution is -2.53. The maximum Gasteiger partial charge on any atom is 0.407 e. The van der Waals surface area contributed by atoms with Crippen LogP contribution in [0.25, 0.3) is 0 Å². The third-order valence-electron chi connectivity index (χ3n) is 7.73. The monoisotopic (exact) mass is 558 g/mol. The van der Waals surface area contributed by atoms with E-state index in [0.29, 0.717) is 19.3 Å². The van der Waals surface area contributed by atoms with Crippen molar-refractivity contribution >= 4 is 12.0 Å². The van der Waals surface area contributed by atoms with Crippen molar-refractivity contribution in [3.05, 3.63) is 107 Å². The lowest BCUT2D eigenvalue weighted by molar-refractivity contribution is -0.129. The molecular formula is C34H42N2O5. The first-order valence-electron chi connectivity index (χ1n) is 14.3. The third kappa shape index (κ3) is 7.96. The highest BCUT2D eigenvalue weighted by atomic mass is 16.6. The summed E-state index contributed by atoms with van der Waals surface area (Å²) in [5.41, 5.74) is 2.15. The molecule has 2 amide bonds. The molecular weight excluding hydrogens is 516 g/mol. The topological polar surface area (TPSA) is 108 Å². The van der Waals surface area contributed by atoms with E-state index >= 15 is 0 Å². The maximum atomic E-state index is 13.9. The number of benzene rings is 3. The van der Waals surface area contributed by atoms with Crippen molar-refractivity contribution in [2.24, 2.45) is 5.92 Å². The van der Waals surface area contributed by atoms with E-state index in [-0.39, 0.29) is 12.3 Å². The second-order valence-corrected chi connectivity index (χ2v) is 12.2. The Balaban J connectivity index is 1.58. The van der Waals surface area contributed by atoms with Crippen LogP contribution < -0.4 is 10.6 Å². The predicted molar refractivity (Wildman–Crippen MR) is 159 cm³/mol. The Hall–Kier alpha value is -3.68. The van der Waals surface area contributed by atoms with Gasteiger partial charge in [0.1, 0.15) is 5.60 Å². The number of ether oxygens (including phenoxy) is 1. The van der Waals surface area contributed by atoms with Gasteiger partial charge in [-0.3, -0.25) is 4.79 Å². The van der Waals surface area contributed by atoms with E-state index in [0.717, 1.165) is 22.3 Å². The molecule has 7 heteroatoms. The molecule has 41 heavy (non-hydrogen) atoms. The van der Waals surface area contributed by atoms with Gasteiger partial charge in [-0.1, -0.05) is 84.9 Å². The number of rotatable bonds is 10. The Labute approximate surface area is 243 Å². The molecule has 4 N–H and O–H groups in total. The molecule has 0 saturated heterocycles. The van der Waals surface area contributed by atoms with Gasteiger partial charge >= 0.3 is 6.09 Å². The lowest BCUT2D eigenvalue weighted by Gasteiger charge is -2.34. The molecule has 5 atom stereocenters. The van der Waals surface area contributed by atoms with E-state index in [2.05, 4.69) is 10.6 Å². The Bertz CT molecular complexity index is 1310. The van der Waals surface area contributed by atoms with E-state index in [1.54, 1.807) is 20.8 Å². The van der Waals surface area contributed by atoms with Crippen LogP contribution in [0.2, 0.25) is 0 Å². The molecule has 0 aliphatic heterocycles. The van der Waals surface area contributed by atoms with Crippen LogP contribution in [0.4, 0.5) is 4.79 Å². The van der Waals surface area contributed by atoms with Crippen LogP contribution in [0.5, 0.6) is 0 Å². The van der Waals surface area contributed by atoms with Crippen LogP contribution >= 0.6 is 0 Å². The summed E-state index contributed by atoms with van der Waals surface area (Å²) in [4.78, 5) is 26.7. The Kier molecular flexibility index (Phi) is 9.51. The molecule has 0 spiro atoms. The van der Waals surface area contributed by atoms with Crippen LogP contribution in [-0.2, 0) is 34.3 Å². The molecule has 1 aliphatic rings. The van der Waals surface area contributed by atoms with Crippen molar-refractivity contribution in [3.8, 4) is 0 Å². The van der Waals surface area contributed by atoms with Crippen molar-refractivity contribution in [2.45, 2.75) is 82.8 Å². The number of aliphatic hydroxyl groups is 2. The molecule has 0 radical (unpaired) electrons. The summed E-state index contributed by atoms with van der Waals surface area (Å²) in [5.74, 6) is -0.884. The minimum atomic E-state index is -1.05. The van der Waals surface area contributed by atoms with Crippen molar-refractivity contribution in [3.63, 3.8) is 0 Å². The average Bonchev–Trinajstić information content (AvgIpc) is 3.17. The van der Waals surface area contributed by atoms with Crippen LogP contribution in [0, 0.1) is 5.92 Å². The Morgan fingerprint density at radius 1 is 0.927 bits per heavy atom. The number of fused-ring (bicyclic) bond motifs is 1. The molecule has 0 aromatic heterocycles. The number of hydrogen-bond donors (Lipinski definition) is 4. The first-order chi connectivity index (χ1) is 19.4. The van der Waals surface area contributed by atoms with E-state index in [4.69, 9.17) is 4.74 Å². The minimum Gasteiger partial charge on any atom is -0.444 e. The van der Waals surface area contributed by atoms with Gasteiger partial charge in [0.15, 0.2) is 0 Å². The van der Waals surface area contributed by atoms with Crippen molar-refractivity contribution < 1.29 is 24.5 Å². The van der Waals surface area contributed by atoms with Gasteiger partial charge in [-0.05, 0) is 69.2 Å². The van der Waals surface area contributed by atoms with Gasteiger partial charge in [-0.15, -0.1) is 0 Å². The highest BCUT2D eigenvalue weighted by Crippen LogP contribution is 2.37. The normalized spacial score (nSPS) is 20.4. The summed E-state index contributed by atoms with van der Waals surface area (Å²) in [6.45, 7) is 7.20. The summed E-state index contributed by atoms with van der Waals surface area (Å²) >= 11 is 0. The van der Waals surface area contributed by atoms with Gasteiger partial charge in [0, 0.05) is 12.3 Å². The van der Waals surface area contributed by atoms with Gasteiger partial charge in [-0.25, -0.2) is 4.79 Å². The molecule has 0 fully saturated rings. The van der Waals surface area contributed by atoms with Crippen LogP contribution in [0.1, 0.15) is 56.4 Å². The quantitative estimate of drug-likeness (QED) is 0.289. The van der Waals surface area contributed by atoms with Crippen molar-refractivity contribution in [2.75, 3.05) is 0 Å². The zero-order valence-corrected chi connectivity index (χ0v) is 24.3. The molecule has 0 bridgehead atoms. The molecule has 3 aromatic rings. The van der Waals surface area contributed by atoms with Crippen molar-refractivity contribution in [1.29, 1.82) is 0 Å². The molecule has 3 aromatic carbocycles. The number of amides is 2. The third-order valence-corrected chi connectivity index (χ3v) is 7.73. The first kappa shape index (κ1) is 30.3. The molecule has 4 rings (SSSR count). The fraction of sp³-hybridized carbons (Fsp3) is 0.412. The van der Waals surface area contributed by atoms with Gasteiger partial charge in [0.05, 0.1) is 23.8 Å². The largest absolute Gasteiger partial charge is 0.444 e. The smallest absolute Gasteiger partial charge is 0.407 e. The summed E-state index contributed by atoms with van der Waals surface area (Å²) in [6, 6.07) is 26.3. The SMILES string of the molecule is CC(C)(C)OC(=O)NC(Cc1ccccc1)C(O)CC(Cc1ccccc1)C(=O)NC1(C)c2ccccc2CC1O. The number of nitrogens with one attached hydrogen (secondary N) is 2. The zero-order chi connectivity index (χ0) is 29.6. The standard InChI is InChI=1S/C34H42N2O5/c1-33(2,3)41-32(40)35-28(20-24-15-9-6-10-16-24)29(37)21-26(19-23-13-7-5-8-14-23)31(39)36-34(4)27-18-12-11-17-25(27)22-30(34)38/h5-18,26,28-30,37-38H,19-22H2,1-4H3,(H,35,40)(H,36,39). The van der Waals surface area contributed by atoms with E-state index in [9.17, 15) is 19.8 Å². The zero-order valence-electron chi connectivity index (χ0n) is 24.3. The fourth-order valence-electron chi connectivity index (χ4n) is 5.55. The first-order valence-corrected chi connectivity index (χ1v) is 14.3. The molecule has 7 nitrogen and oxygen atoms in total. The number of hydrogen-bond acceptors (Lipinski definition) is 5. The average molecular weight is 559 g/mol.